The van der Waals surface area contributed by atoms with Crippen LogP contribution in [0.15, 0.2) is 53.3 Å². The van der Waals surface area contributed by atoms with Crippen LogP contribution in [-0.2, 0) is 0 Å². The number of nitro groups is 1. The molecular formula is C17H11N5O4. The van der Waals surface area contributed by atoms with Gasteiger partial charge in [0, 0.05) is 29.1 Å². The summed E-state index contributed by atoms with van der Waals surface area (Å²) in [5.41, 5.74) is 1.11. The fourth-order valence-electron chi connectivity index (χ4n) is 2.73. The first kappa shape index (κ1) is 15.5. The van der Waals surface area contributed by atoms with Gasteiger partial charge in [0.25, 0.3) is 11.6 Å². The minimum Gasteiger partial charge on any atom is -0.324 e. The number of aromatic amines is 2. The van der Waals surface area contributed by atoms with E-state index in [2.05, 4.69) is 20.3 Å². The Morgan fingerprint density at radius 3 is 2.65 bits per heavy atom. The number of H-pyrrole nitrogens is 2. The number of fused-ring (bicyclic) bond motifs is 2. The largest absolute Gasteiger partial charge is 0.324 e. The number of carbonyl (C=O) groups excluding carboxylic acids is 1. The average molecular weight is 349 g/mol. The molecule has 0 unspecified atom stereocenters. The predicted octanol–water partition coefficient (Wildman–Crippen LogP) is 2.56. The van der Waals surface area contributed by atoms with Crippen LogP contribution in [0.1, 0.15) is 10.4 Å². The molecule has 0 spiro atoms. The topological polar surface area (TPSA) is 134 Å². The Kier molecular flexibility index (Phi) is 3.47. The normalized spacial score (nSPS) is 10.9. The lowest BCUT2D eigenvalue weighted by Crippen LogP contribution is -2.17. The van der Waals surface area contributed by atoms with Gasteiger partial charge in [-0.15, -0.1) is 0 Å². The Labute approximate surface area is 144 Å². The molecule has 9 nitrogen and oxygen atoms in total. The van der Waals surface area contributed by atoms with E-state index in [1.165, 1.54) is 18.2 Å². The molecular weight excluding hydrogens is 338 g/mol. The second-order valence-corrected chi connectivity index (χ2v) is 5.59. The Bertz CT molecular complexity index is 1210. The standard InChI is InChI=1S/C17H11N5O4/c23-15-8-11(10-7-9(22(25)26)5-6-12(10)18-15)16(24)21-17-19-13-3-1-2-4-14(13)20-17/h1-8H,(H,18,23)(H2,19,20,21,24). The van der Waals surface area contributed by atoms with Crippen LogP contribution in [0.4, 0.5) is 11.6 Å². The fraction of sp³-hybridized carbons (Fsp3) is 0. The van der Waals surface area contributed by atoms with Gasteiger partial charge in [-0.1, -0.05) is 12.1 Å². The first-order chi connectivity index (χ1) is 12.5. The predicted molar refractivity (Wildman–Crippen MR) is 95.3 cm³/mol. The lowest BCUT2D eigenvalue weighted by atomic mass is 10.1. The Balaban J connectivity index is 1.78. The zero-order chi connectivity index (χ0) is 18.3. The van der Waals surface area contributed by atoms with E-state index in [0.717, 1.165) is 11.6 Å². The van der Waals surface area contributed by atoms with Gasteiger partial charge in [0.15, 0.2) is 0 Å². The number of carbonyl (C=O) groups is 1. The number of nitrogens with one attached hydrogen (secondary N) is 3. The van der Waals surface area contributed by atoms with Crippen LogP contribution in [0.2, 0.25) is 0 Å². The van der Waals surface area contributed by atoms with Gasteiger partial charge in [-0.2, -0.15) is 0 Å². The van der Waals surface area contributed by atoms with Gasteiger partial charge < -0.3 is 9.97 Å². The number of hydrogen-bond donors (Lipinski definition) is 3. The van der Waals surface area contributed by atoms with Crippen LogP contribution in [0.3, 0.4) is 0 Å². The van der Waals surface area contributed by atoms with Crippen molar-refractivity contribution in [1.82, 2.24) is 15.0 Å². The van der Waals surface area contributed by atoms with Crippen molar-refractivity contribution >= 4 is 39.5 Å². The highest BCUT2D eigenvalue weighted by Gasteiger charge is 2.16. The summed E-state index contributed by atoms with van der Waals surface area (Å²) in [5, 5.41) is 13.9. The molecule has 3 N–H and O–H groups in total. The third-order valence-corrected chi connectivity index (χ3v) is 3.90. The van der Waals surface area contributed by atoms with Crippen LogP contribution in [0.5, 0.6) is 0 Å². The summed E-state index contributed by atoms with van der Waals surface area (Å²) in [6.07, 6.45) is 0. The monoisotopic (exact) mass is 349 g/mol. The average Bonchev–Trinajstić information content (AvgIpc) is 3.02. The molecule has 0 atom stereocenters. The van der Waals surface area contributed by atoms with Crippen molar-refractivity contribution in [1.29, 1.82) is 0 Å². The number of pyridine rings is 1. The van der Waals surface area contributed by atoms with Crippen LogP contribution < -0.4 is 10.9 Å². The van der Waals surface area contributed by atoms with Crippen molar-refractivity contribution < 1.29 is 9.72 Å². The van der Waals surface area contributed by atoms with E-state index in [1.807, 2.05) is 18.2 Å². The summed E-state index contributed by atoms with van der Waals surface area (Å²) < 4.78 is 0. The van der Waals surface area contributed by atoms with Gasteiger partial charge in [-0.05, 0) is 18.2 Å². The van der Waals surface area contributed by atoms with E-state index >= 15 is 0 Å². The molecule has 2 aromatic heterocycles. The molecule has 0 radical (unpaired) electrons. The van der Waals surface area contributed by atoms with Crippen molar-refractivity contribution in [3.05, 3.63) is 74.6 Å². The highest BCUT2D eigenvalue weighted by molar-refractivity contribution is 6.12. The summed E-state index contributed by atoms with van der Waals surface area (Å²) >= 11 is 0. The first-order valence-corrected chi connectivity index (χ1v) is 7.59. The zero-order valence-corrected chi connectivity index (χ0v) is 13.1. The Morgan fingerprint density at radius 2 is 1.88 bits per heavy atom. The second kappa shape index (κ2) is 5.81. The number of non-ortho nitro benzene ring substituents is 1. The molecule has 0 fully saturated rings. The third kappa shape index (κ3) is 2.67. The molecule has 4 rings (SSSR count). The number of hydrogen-bond acceptors (Lipinski definition) is 5. The molecule has 2 heterocycles. The summed E-state index contributed by atoms with van der Waals surface area (Å²) in [5.74, 6) is -0.379. The first-order valence-electron chi connectivity index (χ1n) is 7.59. The lowest BCUT2D eigenvalue weighted by Gasteiger charge is -2.06. The van der Waals surface area contributed by atoms with Crippen LogP contribution in [0, 0.1) is 10.1 Å². The maximum Gasteiger partial charge on any atom is 0.270 e. The number of nitrogens with zero attached hydrogens (tertiary/aromatic N) is 2. The summed E-state index contributed by atoms with van der Waals surface area (Å²) in [7, 11) is 0. The Hall–Kier alpha value is -4.01. The van der Waals surface area contributed by atoms with Crippen LogP contribution in [-0.4, -0.2) is 25.8 Å². The van der Waals surface area contributed by atoms with Gasteiger partial charge in [-0.25, -0.2) is 4.98 Å². The third-order valence-electron chi connectivity index (χ3n) is 3.90. The van der Waals surface area contributed by atoms with Gasteiger partial charge in [-0.3, -0.25) is 25.0 Å². The molecule has 1 amide bonds. The maximum absolute atomic E-state index is 12.6. The van der Waals surface area contributed by atoms with Crippen LogP contribution in [0.25, 0.3) is 21.9 Å². The molecule has 0 bridgehead atoms. The van der Waals surface area contributed by atoms with E-state index < -0.39 is 16.4 Å². The van der Waals surface area contributed by atoms with Crippen molar-refractivity contribution in [2.45, 2.75) is 0 Å². The SMILES string of the molecule is O=C(Nc1nc2ccccc2[nH]1)c1cc(=O)[nH]c2ccc([N+](=O)[O-])cc12. The number of anilines is 1. The number of amides is 1. The summed E-state index contributed by atoms with van der Waals surface area (Å²) in [6, 6.07) is 12.3. The van der Waals surface area contributed by atoms with Crippen molar-refractivity contribution in [2.75, 3.05) is 5.32 Å². The minimum absolute atomic E-state index is 0.0212. The van der Waals surface area contributed by atoms with Crippen LogP contribution >= 0.6 is 0 Å². The lowest BCUT2D eigenvalue weighted by molar-refractivity contribution is -0.384. The minimum atomic E-state index is -0.597. The van der Waals surface area contributed by atoms with Gasteiger partial charge in [0.1, 0.15) is 0 Å². The molecule has 2 aromatic carbocycles. The summed E-state index contributed by atoms with van der Waals surface area (Å²) in [4.78, 5) is 44.7. The molecule has 0 aliphatic heterocycles. The maximum atomic E-state index is 12.6. The van der Waals surface area contributed by atoms with Gasteiger partial charge in [0.2, 0.25) is 11.5 Å². The summed E-state index contributed by atoms with van der Waals surface area (Å²) in [6.45, 7) is 0. The number of nitro benzene ring substituents is 1. The van der Waals surface area contributed by atoms with Crippen molar-refractivity contribution in [2.24, 2.45) is 0 Å². The smallest absolute Gasteiger partial charge is 0.270 e. The number of rotatable bonds is 3. The fourth-order valence-corrected chi connectivity index (χ4v) is 2.73. The highest BCUT2D eigenvalue weighted by atomic mass is 16.6. The second-order valence-electron chi connectivity index (χ2n) is 5.59. The highest BCUT2D eigenvalue weighted by Crippen LogP contribution is 2.22. The van der Waals surface area contributed by atoms with Crippen molar-refractivity contribution in [3.63, 3.8) is 0 Å². The Morgan fingerprint density at radius 1 is 1.08 bits per heavy atom. The molecule has 128 valence electrons. The van der Waals surface area contributed by atoms with E-state index in [-0.39, 0.29) is 22.6 Å². The van der Waals surface area contributed by atoms with E-state index in [9.17, 15) is 19.7 Å². The van der Waals surface area contributed by atoms with Gasteiger partial charge >= 0.3 is 0 Å². The molecule has 26 heavy (non-hydrogen) atoms. The molecule has 0 saturated heterocycles. The molecule has 0 aliphatic carbocycles. The van der Waals surface area contributed by atoms with E-state index in [4.69, 9.17) is 0 Å². The number of para-hydroxylation sites is 2. The molecule has 4 aromatic rings. The van der Waals surface area contributed by atoms with E-state index in [0.29, 0.717) is 11.0 Å². The molecule has 9 heteroatoms. The van der Waals surface area contributed by atoms with Gasteiger partial charge in [0.05, 0.1) is 21.5 Å². The quantitative estimate of drug-likeness (QED) is 0.386. The number of imidazole rings is 1. The van der Waals surface area contributed by atoms with E-state index in [1.54, 1.807) is 6.07 Å². The molecule has 0 saturated carbocycles. The zero-order valence-electron chi connectivity index (χ0n) is 13.1. The van der Waals surface area contributed by atoms with Crippen molar-refractivity contribution in [3.8, 4) is 0 Å². The molecule has 0 aliphatic rings. The number of aromatic nitrogens is 3. The number of benzene rings is 2.